The number of rotatable bonds is 4. The van der Waals surface area contributed by atoms with E-state index in [1.165, 1.54) is 44.6 Å². The molecule has 0 saturated heterocycles. The average molecular weight is 306 g/mol. The van der Waals surface area contributed by atoms with Gasteiger partial charge in [0.2, 0.25) is 5.91 Å². The van der Waals surface area contributed by atoms with Crippen molar-refractivity contribution in [2.24, 2.45) is 17.8 Å². The smallest absolute Gasteiger partial charge is 0.339 e. The Hall–Kier alpha value is -1.69. The first kappa shape index (κ1) is 14.3. The van der Waals surface area contributed by atoms with Gasteiger partial charge in [-0.3, -0.25) is 4.79 Å². The molecular weight excluding hydrogens is 288 g/mol. The maximum Gasteiger partial charge on any atom is 0.339 e. The van der Waals surface area contributed by atoms with Gasteiger partial charge >= 0.3 is 5.97 Å². The summed E-state index contributed by atoms with van der Waals surface area (Å²) in [6.45, 7) is 1.43. The number of nitrogens with zero attached hydrogens (tertiary/aromatic N) is 1. The molecule has 1 aromatic heterocycles. The van der Waals surface area contributed by atoms with Crippen molar-refractivity contribution in [3.63, 3.8) is 0 Å². The highest BCUT2D eigenvalue weighted by atomic mass is 32.1. The van der Waals surface area contributed by atoms with Crippen LogP contribution in [0.1, 0.15) is 31.9 Å². The van der Waals surface area contributed by atoms with Crippen LogP contribution in [-0.4, -0.2) is 24.0 Å². The zero-order valence-electron chi connectivity index (χ0n) is 12.1. The van der Waals surface area contributed by atoms with Crippen LogP contribution in [0, 0.1) is 17.8 Å². The summed E-state index contributed by atoms with van der Waals surface area (Å²) >= 11 is 1.31. The number of aromatic nitrogens is 1. The minimum absolute atomic E-state index is 0.170. The van der Waals surface area contributed by atoms with Crippen LogP contribution in [0.15, 0.2) is 11.5 Å². The maximum atomic E-state index is 12.0. The molecule has 1 unspecified atom stereocenters. The van der Waals surface area contributed by atoms with Crippen LogP contribution in [0.5, 0.6) is 0 Å². The van der Waals surface area contributed by atoms with Crippen molar-refractivity contribution in [2.45, 2.75) is 26.2 Å². The second kappa shape index (κ2) is 5.60. The SMILES string of the molecule is COC(=O)/C(=C\C1[C@H]2CCC[C@@H]12)c1csc(NC(C)=O)n1. The summed E-state index contributed by atoms with van der Waals surface area (Å²) in [6, 6.07) is 0. The molecule has 0 spiro atoms. The molecule has 1 aromatic rings. The molecule has 1 heterocycles. The second-order valence-corrected chi connectivity index (χ2v) is 6.49. The summed E-state index contributed by atoms with van der Waals surface area (Å²) in [6.07, 6.45) is 5.84. The van der Waals surface area contributed by atoms with Crippen molar-refractivity contribution in [3.8, 4) is 0 Å². The summed E-state index contributed by atoms with van der Waals surface area (Å²) in [4.78, 5) is 27.4. The molecule has 2 saturated carbocycles. The third-order valence-electron chi connectivity index (χ3n) is 4.30. The average Bonchev–Trinajstić information content (AvgIpc) is 2.88. The molecule has 5 nitrogen and oxygen atoms in total. The van der Waals surface area contributed by atoms with Crippen LogP contribution in [0.25, 0.3) is 5.57 Å². The number of fused-ring (bicyclic) bond motifs is 1. The number of methoxy groups -OCH3 is 1. The van der Waals surface area contributed by atoms with Crippen LogP contribution in [0.2, 0.25) is 0 Å². The van der Waals surface area contributed by atoms with Crippen LogP contribution >= 0.6 is 11.3 Å². The van der Waals surface area contributed by atoms with E-state index in [4.69, 9.17) is 4.74 Å². The molecule has 2 aliphatic rings. The summed E-state index contributed by atoms with van der Waals surface area (Å²) < 4.78 is 4.88. The number of hydrogen-bond donors (Lipinski definition) is 1. The second-order valence-electron chi connectivity index (χ2n) is 5.63. The van der Waals surface area contributed by atoms with Crippen molar-refractivity contribution >= 4 is 33.9 Å². The fraction of sp³-hybridized carbons (Fsp3) is 0.533. The van der Waals surface area contributed by atoms with Gasteiger partial charge in [-0.25, -0.2) is 9.78 Å². The Bertz CT molecular complexity index is 598. The molecular formula is C15H18N2O3S. The zero-order valence-corrected chi connectivity index (χ0v) is 12.9. The van der Waals surface area contributed by atoms with Gasteiger partial charge in [-0.15, -0.1) is 11.3 Å². The van der Waals surface area contributed by atoms with E-state index in [9.17, 15) is 9.59 Å². The molecule has 3 rings (SSSR count). The van der Waals surface area contributed by atoms with Gasteiger partial charge < -0.3 is 10.1 Å². The third kappa shape index (κ3) is 2.85. The molecule has 3 atom stereocenters. The third-order valence-corrected chi connectivity index (χ3v) is 5.06. The fourth-order valence-corrected chi connectivity index (χ4v) is 4.05. The Kier molecular flexibility index (Phi) is 3.80. The molecule has 1 amide bonds. The molecule has 0 radical (unpaired) electrons. The van der Waals surface area contributed by atoms with Crippen LogP contribution in [0.3, 0.4) is 0 Å². The van der Waals surface area contributed by atoms with E-state index in [0.29, 0.717) is 22.3 Å². The number of carbonyl (C=O) groups excluding carboxylic acids is 2. The van der Waals surface area contributed by atoms with Gasteiger partial charge in [0.1, 0.15) is 0 Å². The lowest BCUT2D eigenvalue weighted by molar-refractivity contribution is -0.133. The molecule has 0 aromatic carbocycles. The monoisotopic (exact) mass is 306 g/mol. The molecule has 6 heteroatoms. The lowest BCUT2D eigenvalue weighted by atomic mass is 10.1. The van der Waals surface area contributed by atoms with E-state index in [2.05, 4.69) is 10.3 Å². The molecule has 2 fully saturated rings. The molecule has 0 aliphatic heterocycles. The maximum absolute atomic E-state index is 12.0. The van der Waals surface area contributed by atoms with Crippen molar-refractivity contribution < 1.29 is 14.3 Å². The number of hydrogen-bond acceptors (Lipinski definition) is 5. The summed E-state index contributed by atoms with van der Waals surface area (Å²) in [5, 5.41) is 4.92. The van der Waals surface area contributed by atoms with E-state index in [1.807, 2.05) is 6.08 Å². The van der Waals surface area contributed by atoms with Gasteiger partial charge in [0, 0.05) is 12.3 Å². The molecule has 112 valence electrons. The standard InChI is InChI=1S/C15H18N2O3S/c1-8(18)16-15-17-13(7-21-15)12(14(19)20-2)6-11-9-4-3-5-10(9)11/h6-7,9-11H,3-5H2,1-2H3,(H,16,17,18)/b12-6-/t9-,10+,11?. The van der Waals surface area contributed by atoms with Crippen molar-refractivity contribution in [2.75, 3.05) is 12.4 Å². The van der Waals surface area contributed by atoms with E-state index in [-0.39, 0.29) is 11.9 Å². The van der Waals surface area contributed by atoms with E-state index in [1.54, 1.807) is 5.38 Å². The van der Waals surface area contributed by atoms with Gasteiger partial charge in [-0.05, 0) is 30.6 Å². The number of thiazole rings is 1. The predicted octanol–water partition coefficient (Wildman–Crippen LogP) is 2.70. The van der Waals surface area contributed by atoms with Crippen molar-refractivity contribution in [3.05, 3.63) is 17.2 Å². The summed E-state index contributed by atoms with van der Waals surface area (Å²) in [7, 11) is 1.38. The number of nitrogens with one attached hydrogen (secondary N) is 1. The molecule has 21 heavy (non-hydrogen) atoms. The number of amides is 1. The minimum Gasteiger partial charge on any atom is -0.465 e. The van der Waals surface area contributed by atoms with E-state index >= 15 is 0 Å². The number of carbonyl (C=O) groups is 2. The van der Waals surface area contributed by atoms with Gasteiger partial charge in [0.05, 0.1) is 18.4 Å². The number of allylic oxidation sites excluding steroid dienone is 1. The van der Waals surface area contributed by atoms with Gasteiger partial charge in [0.15, 0.2) is 5.13 Å². The summed E-state index contributed by atoms with van der Waals surface area (Å²) in [5.74, 6) is 1.42. The quantitative estimate of drug-likeness (QED) is 0.686. The minimum atomic E-state index is -0.361. The topological polar surface area (TPSA) is 68.3 Å². The number of anilines is 1. The van der Waals surface area contributed by atoms with Gasteiger partial charge in [-0.1, -0.05) is 12.5 Å². The summed E-state index contributed by atoms with van der Waals surface area (Å²) in [5.41, 5.74) is 1.10. The molecule has 1 N–H and O–H groups in total. The lowest BCUT2D eigenvalue weighted by Gasteiger charge is -2.04. The first-order chi connectivity index (χ1) is 10.1. The van der Waals surface area contributed by atoms with E-state index < -0.39 is 0 Å². The highest BCUT2D eigenvalue weighted by Crippen LogP contribution is 2.58. The normalized spacial score (nSPS) is 27.1. The Morgan fingerprint density at radius 3 is 2.76 bits per heavy atom. The fourth-order valence-electron chi connectivity index (χ4n) is 3.29. The predicted molar refractivity (Wildman–Crippen MR) is 80.7 cm³/mol. The molecule has 2 aliphatic carbocycles. The lowest BCUT2D eigenvalue weighted by Crippen LogP contribution is -2.07. The van der Waals surface area contributed by atoms with Crippen LogP contribution in [0.4, 0.5) is 5.13 Å². The van der Waals surface area contributed by atoms with Crippen LogP contribution < -0.4 is 5.32 Å². The Morgan fingerprint density at radius 1 is 1.43 bits per heavy atom. The Balaban J connectivity index is 1.82. The zero-order chi connectivity index (χ0) is 15.0. The van der Waals surface area contributed by atoms with Gasteiger partial charge in [0.25, 0.3) is 0 Å². The van der Waals surface area contributed by atoms with Crippen molar-refractivity contribution in [1.29, 1.82) is 0 Å². The first-order valence-electron chi connectivity index (χ1n) is 7.13. The Morgan fingerprint density at radius 2 is 2.14 bits per heavy atom. The van der Waals surface area contributed by atoms with E-state index in [0.717, 1.165) is 11.8 Å². The van der Waals surface area contributed by atoms with Gasteiger partial charge in [-0.2, -0.15) is 0 Å². The largest absolute Gasteiger partial charge is 0.465 e. The van der Waals surface area contributed by atoms with Crippen LogP contribution in [-0.2, 0) is 14.3 Å². The number of ether oxygens (including phenoxy) is 1. The number of esters is 1. The Labute approximate surface area is 127 Å². The highest BCUT2D eigenvalue weighted by Gasteiger charge is 2.51. The van der Waals surface area contributed by atoms with Crippen molar-refractivity contribution in [1.82, 2.24) is 4.98 Å². The first-order valence-corrected chi connectivity index (χ1v) is 8.01. The molecule has 0 bridgehead atoms. The highest BCUT2D eigenvalue weighted by molar-refractivity contribution is 7.14.